The minimum absolute atomic E-state index is 0.0122. The minimum Gasteiger partial charge on any atom is -0.503 e. The van der Waals surface area contributed by atoms with Crippen molar-refractivity contribution in [3.63, 3.8) is 0 Å². The number of pyridine rings is 1. The number of fused-ring (bicyclic) bond motifs is 1. The number of nitrogens with zero attached hydrogens (tertiary/aromatic N) is 2. The molecule has 1 aromatic carbocycles. The molecule has 1 aliphatic heterocycles. The average Bonchev–Trinajstić information content (AvgIpc) is 3.34. The van der Waals surface area contributed by atoms with E-state index in [0.717, 1.165) is 0 Å². The third kappa shape index (κ3) is 3.85. The number of aliphatic hydroxyl groups excluding tert-OH is 1. The zero-order valence-electron chi connectivity index (χ0n) is 18.1. The molecule has 8 heteroatoms. The van der Waals surface area contributed by atoms with Crippen LogP contribution in [0, 0.1) is 0 Å². The molecule has 2 aromatic heterocycles. The molecule has 0 spiro atoms. The number of carbonyl (C=O) groups is 2. The predicted molar refractivity (Wildman–Crippen MR) is 117 cm³/mol. The van der Waals surface area contributed by atoms with Crippen molar-refractivity contribution in [2.75, 3.05) is 20.3 Å². The van der Waals surface area contributed by atoms with Crippen LogP contribution in [0.15, 0.2) is 64.5 Å². The van der Waals surface area contributed by atoms with Crippen LogP contribution in [0.2, 0.25) is 0 Å². The van der Waals surface area contributed by atoms with Gasteiger partial charge in [-0.15, -0.1) is 0 Å². The van der Waals surface area contributed by atoms with E-state index >= 15 is 0 Å². The number of carbonyl (C=O) groups excluding carboxylic acids is 2. The molecule has 1 aliphatic rings. The monoisotopic (exact) mass is 436 g/mol. The normalized spacial score (nSPS) is 16.4. The lowest BCUT2D eigenvalue weighted by Gasteiger charge is -2.26. The van der Waals surface area contributed by atoms with Crippen LogP contribution in [-0.2, 0) is 9.53 Å². The molecule has 3 heterocycles. The fraction of sp³-hybridized carbons (Fsp3) is 0.292. The van der Waals surface area contributed by atoms with Crippen molar-refractivity contribution in [3.8, 4) is 5.75 Å². The number of Topliss-reactive ketones (excluding diaryl/α,β-unsaturated/α-hetero) is 1. The lowest BCUT2D eigenvalue weighted by atomic mass is 9.96. The fourth-order valence-corrected chi connectivity index (χ4v) is 3.84. The van der Waals surface area contributed by atoms with Gasteiger partial charge in [0.1, 0.15) is 0 Å². The Kier molecular flexibility index (Phi) is 5.96. The van der Waals surface area contributed by atoms with Crippen LogP contribution in [0.4, 0.5) is 0 Å². The number of methoxy groups -OCH3 is 1. The first-order chi connectivity index (χ1) is 15.4. The lowest BCUT2D eigenvalue weighted by molar-refractivity contribution is -0.130. The number of para-hydroxylation sites is 1. The smallest absolute Gasteiger partial charge is 0.290 e. The van der Waals surface area contributed by atoms with Crippen molar-refractivity contribution in [2.45, 2.75) is 26.0 Å². The second-order valence-electron chi connectivity index (χ2n) is 7.68. The molecule has 0 radical (unpaired) electrons. The Hall–Kier alpha value is -3.65. The van der Waals surface area contributed by atoms with E-state index in [9.17, 15) is 14.7 Å². The van der Waals surface area contributed by atoms with Crippen molar-refractivity contribution in [2.24, 2.45) is 0 Å². The van der Waals surface area contributed by atoms with E-state index in [2.05, 4.69) is 4.98 Å². The highest BCUT2D eigenvalue weighted by Crippen LogP contribution is 2.39. The molecule has 3 aromatic rings. The first-order valence-corrected chi connectivity index (χ1v) is 10.3. The van der Waals surface area contributed by atoms with Gasteiger partial charge in [-0.05, 0) is 43.7 Å². The Morgan fingerprint density at radius 2 is 2.00 bits per heavy atom. The lowest BCUT2D eigenvalue weighted by Crippen LogP contribution is -2.34. The molecule has 1 unspecified atom stereocenters. The molecule has 0 saturated heterocycles. The van der Waals surface area contributed by atoms with E-state index in [0.29, 0.717) is 22.3 Å². The summed E-state index contributed by atoms with van der Waals surface area (Å²) in [5.74, 6) is -1.29. The first-order valence-electron chi connectivity index (χ1n) is 10.3. The van der Waals surface area contributed by atoms with E-state index in [4.69, 9.17) is 13.9 Å². The number of aliphatic hydroxyl groups is 1. The molecule has 166 valence electrons. The third-order valence-electron chi connectivity index (χ3n) is 5.31. The van der Waals surface area contributed by atoms with Gasteiger partial charge in [-0.2, -0.15) is 0 Å². The number of ether oxygens (including phenoxy) is 2. The second-order valence-corrected chi connectivity index (χ2v) is 7.68. The number of benzene rings is 1. The maximum Gasteiger partial charge on any atom is 0.290 e. The Bertz CT molecular complexity index is 1180. The van der Waals surface area contributed by atoms with Crippen LogP contribution in [0.3, 0.4) is 0 Å². The quantitative estimate of drug-likeness (QED) is 0.535. The van der Waals surface area contributed by atoms with Crippen LogP contribution in [0.5, 0.6) is 5.75 Å². The second kappa shape index (κ2) is 8.84. The van der Waals surface area contributed by atoms with Crippen molar-refractivity contribution in [1.29, 1.82) is 0 Å². The minimum atomic E-state index is -0.788. The SMILES string of the molecule is COc1cccc2cc(C(=O)C3=C(O)C(=O)N(CCOC(C)C)C3c3ccncc3)oc12. The summed E-state index contributed by atoms with van der Waals surface area (Å²) >= 11 is 0. The predicted octanol–water partition coefficient (Wildman–Crippen LogP) is 3.84. The number of furan rings is 1. The van der Waals surface area contributed by atoms with Gasteiger partial charge in [-0.1, -0.05) is 12.1 Å². The molecule has 0 bridgehead atoms. The van der Waals surface area contributed by atoms with Gasteiger partial charge in [0.2, 0.25) is 5.78 Å². The van der Waals surface area contributed by atoms with E-state index in [1.54, 1.807) is 48.8 Å². The summed E-state index contributed by atoms with van der Waals surface area (Å²) in [5.41, 5.74) is 1.04. The number of aromatic nitrogens is 1. The van der Waals surface area contributed by atoms with E-state index < -0.39 is 23.5 Å². The summed E-state index contributed by atoms with van der Waals surface area (Å²) in [4.78, 5) is 31.9. The van der Waals surface area contributed by atoms with Gasteiger partial charge in [0, 0.05) is 24.3 Å². The first kappa shape index (κ1) is 21.6. The zero-order chi connectivity index (χ0) is 22.8. The average molecular weight is 436 g/mol. The largest absolute Gasteiger partial charge is 0.503 e. The van der Waals surface area contributed by atoms with E-state index in [1.165, 1.54) is 12.0 Å². The highest BCUT2D eigenvalue weighted by atomic mass is 16.5. The number of hydrogen-bond donors (Lipinski definition) is 1. The number of rotatable bonds is 8. The standard InChI is InChI=1S/C24H24N2O6/c1-14(2)31-12-11-26-20(15-7-9-25-10-8-15)19(22(28)24(26)29)21(27)18-13-16-5-4-6-17(30-3)23(16)32-18/h4-10,13-14,20,28H,11-12H2,1-3H3. The summed E-state index contributed by atoms with van der Waals surface area (Å²) in [6, 6.07) is 9.53. The molecule has 0 aliphatic carbocycles. The van der Waals surface area contributed by atoms with Gasteiger partial charge in [0.25, 0.3) is 5.91 Å². The molecule has 4 rings (SSSR count). The molecule has 1 atom stereocenters. The third-order valence-corrected chi connectivity index (χ3v) is 5.31. The Morgan fingerprint density at radius 3 is 2.69 bits per heavy atom. The molecule has 0 saturated carbocycles. The molecule has 32 heavy (non-hydrogen) atoms. The molecule has 1 amide bonds. The highest BCUT2D eigenvalue weighted by molar-refractivity contribution is 6.16. The van der Waals surface area contributed by atoms with E-state index in [1.807, 2.05) is 13.8 Å². The zero-order valence-corrected chi connectivity index (χ0v) is 18.1. The van der Waals surface area contributed by atoms with Gasteiger partial charge < -0.3 is 23.9 Å². The summed E-state index contributed by atoms with van der Waals surface area (Å²) in [5, 5.41) is 11.4. The Balaban J connectivity index is 1.75. The molecule has 8 nitrogen and oxygen atoms in total. The van der Waals surface area contributed by atoms with Crippen molar-refractivity contribution in [1.82, 2.24) is 9.88 Å². The van der Waals surface area contributed by atoms with Gasteiger partial charge in [0.15, 0.2) is 22.9 Å². The van der Waals surface area contributed by atoms with Crippen LogP contribution in [-0.4, -0.2) is 53.0 Å². The number of ketones is 1. The highest BCUT2D eigenvalue weighted by Gasteiger charge is 2.44. The maximum absolute atomic E-state index is 13.5. The van der Waals surface area contributed by atoms with Gasteiger partial charge in [-0.25, -0.2) is 0 Å². The maximum atomic E-state index is 13.5. The summed E-state index contributed by atoms with van der Waals surface area (Å²) in [6.45, 7) is 4.26. The molecule has 1 N–H and O–H groups in total. The topological polar surface area (TPSA) is 102 Å². The summed E-state index contributed by atoms with van der Waals surface area (Å²) in [6.07, 6.45) is 3.14. The molecular formula is C24H24N2O6. The van der Waals surface area contributed by atoms with Crippen molar-refractivity contribution < 1.29 is 28.6 Å². The van der Waals surface area contributed by atoms with Crippen LogP contribution in [0.25, 0.3) is 11.0 Å². The van der Waals surface area contributed by atoms with Crippen LogP contribution < -0.4 is 4.74 Å². The van der Waals surface area contributed by atoms with Gasteiger partial charge in [-0.3, -0.25) is 14.6 Å². The van der Waals surface area contributed by atoms with Gasteiger partial charge >= 0.3 is 0 Å². The Morgan fingerprint density at radius 1 is 1.25 bits per heavy atom. The van der Waals surface area contributed by atoms with Crippen LogP contribution in [0.1, 0.15) is 36.0 Å². The number of hydrogen-bond acceptors (Lipinski definition) is 7. The number of amides is 1. The van der Waals surface area contributed by atoms with Crippen molar-refractivity contribution in [3.05, 3.63) is 71.4 Å². The van der Waals surface area contributed by atoms with E-state index in [-0.39, 0.29) is 30.6 Å². The van der Waals surface area contributed by atoms with Crippen LogP contribution >= 0.6 is 0 Å². The Labute approximate surface area is 185 Å². The van der Waals surface area contributed by atoms with Crippen molar-refractivity contribution >= 4 is 22.7 Å². The summed E-state index contributed by atoms with van der Waals surface area (Å²) < 4.78 is 16.7. The fourth-order valence-electron chi connectivity index (χ4n) is 3.84. The molecule has 0 fully saturated rings. The molecular weight excluding hydrogens is 412 g/mol. The van der Waals surface area contributed by atoms with Gasteiger partial charge in [0.05, 0.1) is 31.4 Å². The summed E-state index contributed by atoms with van der Waals surface area (Å²) in [7, 11) is 1.51.